The minimum absolute atomic E-state index is 0.0143. The Bertz CT molecular complexity index is 1120. The van der Waals surface area contributed by atoms with Crippen LogP contribution in [0.25, 0.3) is 5.76 Å². The lowest BCUT2D eigenvalue weighted by atomic mass is 9.84. The zero-order valence-electron chi connectivity index (χ0n) is 19.2. The second kappa shape index (κ2) is 9.75. The van der Waals surface area contributed by atoms with Crippen LogP contribution in [-0.2, 0) is 19.7 Å². The maximum absolute atomic E-state index is 13.1. The van der Waals surface area contributed by atoms with Crippen LogP contribution in [0.1, 0.15) is 43.5 Å². The first-order chi connectivity index (χ1) is 15.5. The Hall–Kier alpha value is -2.54. The van der Waals surface area contributed by atoms with Crippen molar-refractivity contribution in [1.29, 1.82) is 0 Å². The lowest BCUT2D eigenvalue weighted by Crippen LogP contribution is -2.32. The van der Waals surface area contributed by atoms with Crippen LogP contribution in [0.3, 0.4) is 0 Å². The number of aliphatic hydroxyl groups is 1. The number of rotatable bonds is 6. The van der Waals surface area contributed by atoms with Crippen LogP contribution < -0.4 is 4.74 Å². The van der Waals surface area contributed by atoms with E-state index in [2.05, 4.69) is 0 Å². The molecule has 1 fully saturated rings. The topological polar surface area (TPSA) is 76.1 Å². The number of hydrogen-bond donors (Lipinski definition) is 1. The molecule has 1 heterocycles. The molecule has 1 amide bonds. The van der Waals surface area contributed by atoms with Gasteiger partial charge in [-0.3, -0.25) is 9.59 Å². The van der Waals surface area contributed by atoms with Crippen LogP contribution in [0.15, 0.2) is 42.0 Å². The predicted molar refractivity (Wildman–Crippen MR) is 129 cm³/mol. The summed E-state index contributed by atoms with van der Waals surface area (Å²) in [5, 5.41) is 11.9. The number of nitrogens with zero attached hydrogens (tertiary/aromatic N) is 1. The van der Waals surface area contributed by atoms with Crippen molar-refractivity contribution >= 4 is 40.7 Å². The van der Waals surface area contributed by atoms with Crippen molar-refractivity contribution in [2.75, 3.05) is 27.4 Å². The van der Waals surface area contributed by atoms with Gasteiger partial charge in [0, 0.05) is 24.8 Å². The molecule has 1 unspecified atom stereocenters. The molecule has 0 spiro atoms. The van der Waals surface area contributed by atoms with Gasteiger partial charge in [-0.2, -0.15) is 0 Å². The first kappa shape index (κ1) is 25.1. The number of carbonyl (C=O) groups is 2. The Morgan fingerprint density at radius 3 is 2.33 bits per heavy atom. The van der Waals surface area contributed by atoms with Gasteiger partial charge in [-0.1, -0.05) is 50.0 Å². The maximum Gasteiger partial charge on any atom is 0.295 e. The molecule has 2 aromatic carbocycles. The highest BCUT2D eigenvalue weighted by Crippen LogP contribution is 2.42. The average molecular weight is 492 g/mol. The van der Waals surface area contributed by atoms with Gasteiger partial charge < -0.3 is 19.5 Å². The minimum Gasteiger partial charge on any atom is -0.507 e. The third kappa shape index (κ3) is 4.88. The summed E-state index contributed by atoms with van der Waals surface area (Å²) in [5.41, 5.74) is 1.53. The van der Waals surface area contributed by atoms with E-state index in [-0.39, 0.29) is 34.9 Å². The normalized spacial score (nSPS) is 18.2. The van der Waals surface area contributed by atoms with Crippen LogP contribution in [-0.4, -0.2) is 49.1 Å². The molecule has 0 bridgehead atoms. The second-order valence-corrected chi connectivity index (χ2v) is 9.64. The maximum atomic E-state index is 13.1. The number of ketones is 1. The van der Waals surface area contributed by atoms with Crippen LogP contribution in [0.4, 0.5) is 0 Å². The smallest absolute Gasteiger partial charge is 0.295 e. The summed E-state index contributed by atoms with van der Waals surface area (Å²) in [6, 6.07) is 9.23. The number of halogens is 2. The number of hydrogen-bond acceptors (Lipinski definition) is 5. The van der Waals surface area contributed by atoms with E-state index >= 15 is 0 Å². The number of benzene rings is 2. The van der Waals surface area contributed by atoms with E-state index in [9.17, 15) is 14.7 Å². The average Bonchev–Trinajstić information content (AvgIpc) is 3.02. The molecular weight excluding hydrogens is 465 g/mol. The SMILES string of the molecule is COCCN1C(=O)C(=O)/C(=C(\O)c2ccc(OC)c(C(C)(C)C)c2)C1c1ccc(Cl)c(Cl)c1. The molecule has 0 aliphatic carbocycles. The van der Waals surface area contributed by atoms with Crippen molar-refractivity contribution in [3.63, 3.8) is 0 Å². The van der Waals surface area contributed by atoms with Crippen molar-refractivity contribution in [3.05, 3.63) is 68.7 Å². The molecule has 0 aromatic heterocycles. The molecule has 0 saturated carbocycles. The third-order valence-electron chi connectivity index (χ3n) is 5.62. The number of amides is 1. The largest absolute Gasteiger partial charge is 0.507 e. The number of ether oxygens (including phenoxy) is 2. The molecule has 1 aliphatic rings. The van der Waals surface area contributed by atoms with Crippen molar-refractivity contribution in [1.82, 2.24) is 4.90 Å². The second-order valence-electron chi connectivity index (χ2n) is 8.82. The minimum atomic E-state index is -0.838. The van der Waals surface area contributed by atoms with Crippen molar-refractivity contribution in [2.24, 2.45) is 0 Å². The molecule has 1 N–H and O–H groups in total. The van der Waals surface area contributed by atoms with Gasteiger partial charge in [0.05, 0.1) is 35.4 Å². The summed E-state index contributed by atoms with van der Waals surface area (Å²) in [5.74, 6) is -1.08. The zero-order valence-corrected chi connectivity index (χ0v) is 20.8. The summed E-state index contributed by atoms with van der Waals surface area (Å²) in [7, 11) is 3.09. The Labute approximate surface area is 203 Å². The Kier molecular flexibility index (Phi) is 7.42. The highest BCUT2D eigenvalue weighted by atomic mass is 35.5. The molecule has 1 atom stereocenters. The molecule has 0 radical (unpaired) electrons. The molecule has 1 saturated heterocycles. The van der Waals surface area contributed by atoms with Crippen LogP contribution in [0, 0.1) is 0 Å². The first-order valence-corrected chi connectivity index (χ1v) is 11.2. The highest BCUT2D eigenvalue weighted by Gasteiger charge is 2.46. The molecule has 33 heavy (non-hydrogen) atoms. The summed E-state index contributed by atoms with van der Waals surface area (Å²) < 4.78 is 10.6. The van der Waals surface area contributed by atoms with E-state index in [4.69, 9.17) is 32.7 Å². The summed E-state index contributed by atoms with van der Waals surface area (Å²) >= 11 is 12.3. The molecular formula is C25H27Cl2NO5. The van der Waals surface area contributed by atoms with Gasteiger partial charge in [0.1, 0.15) is 11.5 Å². The fourth-order valence-electron chi connectivity index (χ4n) is 3.93. The van der Waals surface area contributed by atoms with Gasteiger partial charge in [-0.05, 0) is 41.3 Å². The van der Waals surface area contributed by atoms with E-state index in [1.807, 2.05) is 20.8 Å². The monoisotopic (exact) mass is 491 g/mol. The quantitative estimate of drug-likeness (QED) is 0.334. The van der Waals surface area contributed by atoms with Gasteiger partial charge in [0.15, 0.2) is 0 Å². The van der Waals surface area contributed by atoms with Crippen LogP contribution in [0.5, 0.6) is 5.75 Å². The molecule has 3 rings (SSSR count). The van der Waals surface area contributed by atoms with Crippen molar-refractivity contribution < 1.29 is 24.2 Å². The fourth-order valence-corrected chi connectivity index (χ4v) is 4.23. The first-order valence-electron chi connectivity index (χ1n) is 10.4. The van der Waals surface area contributed by atoms with E-state index in [0.29, 0.717) is 21.9 Å². The fraction of sp³-hybridized carbons (Fsp3) is 0.360. The molecule has 8 heteroatoms. The summed E-state index contributed by atoms with van der Waals surface area (Å²) in [4.78, 5) is 27.4. The highest BCUT2D eigenvalue weighted by molar-refractivity contribution is 6.46. The van der Waals surface area contributed by atoms with Gasteiger partial charge in [-0.15, -0.1) is 0 Å². The third-order valence-corrected chi connectivity index (χ3v) is 6.36. The predicted octanol–water partition coefficient (Wildman–Crippen LogP) is 5.37. The number of methoxy groups -OCH3 is 2. The molecule has 1 aliphatic heterocycles. The van der Waals surface area contributed by atoms with Gasteiger partial charge in [0.25, 0.3) is 11.7 Å². The lowest BCUT2D eigenvalue weighted by molar-refractivity contribution is -0.140. The Morgan fingerprint density at radius 2 is 1.76 bits per heavy atom. The number of carbonyl (C=O) groups excluding carboxylic acids is 2. The Balaban J connectivity index is 2.23. The number of Topliss-reactive ketones (excluding diaryl/α,β-unsaturated/α-hetero) is 1. The van der Waals surface area contributed by atoms with Crippen molar-refractivity contribution in [3.8, 4) is 5.75 Å². The zero-order chi connectivity index (χ0) is 24.5. The lowest BCUT2D eigenvalue weighted by Gasteiger charge is -2.26. The standard InChI is InChI=1S/C25H27Cl2NO5/c1-25(2,3)16-12-15(7-9-19(16)33-5)22(29)20-21(14-6-8-17(26)18(27)13-14)28(10-11-32-4)24(31)23(20)30/h6-9,12-13,21,29H,10-11H2,1-5H3/b22-20-. The molecule has 2 aromatic rings. The van der Waals surface area contributed by atoms with E-state index < -0.39 is 17.7 Å². The van der Waals surface area contributed by atoms with Gasteiger partial charge >= 0.3 is 0 Å². The van der Waals surface area contributed by atoms with Gasteiger partial charge in [0.2, 0.25) is 0 Å². The van der Waals surface area contributed by atoms with Crippen molar-refractivity contribution in [2.45, 2.75) is 32.2 Å². The molecule has 176 valence electrons. The van der Waals surface area contributed by atoms with E-state index in [0.717, 1.165) is 5.56 Å². The van der Waals surface area contributed by atoms with Crippen LogP contribution >= 0.6 is 23.2 Å². The number of aliphatic hydroxyl groups excluding tert-OH is 1. The summed E-state index contributed by atoms with van der Waals surface area (Å²) in [6.07, 6.45) is 0. The van der Waals surface area contributed by atoms with Crippen LogP contribution in [0.2, 0.25) is 10.0 Å². The van der Waals surface area contributed by atoms with E-state index in [1.54, 1.807) is 43.5 Å². The number of likely N-dealkylation sites (tertiary alicyclic amines) is 1. The van der Waals surface area contributed by atoms with E-state index in [1.165, 1.54) is 12.0 Å². The Morgan fingerprint density at radius 1 is 1.06 bits per heavy atom. The summed E-state index contributed by atoms with van der Waals surface area (Å²) in [6.45, 7) is 6.45. The van der Waals surface area contributed by atoms with Gasteiger partial charge in [-0.25, -0.2) is 0 Å². The molecule has 6 nitrogen and oxygen atoms in total.